The summed E-state index contributed by atoms with van der Waals surface area (Å²) in [6.07, 6.45) is 2.13. The number of morpholine rings is 1. The Kier molecular flexibility index (Phi) is 6.93. The van der Waals surface area contributed by atoms with Gasteiger partial charge in [-0.2, -0.15) is 0 Å². The molecule has 1 aromatic carbocycles. The predicted molar refractivity (Wildman–Crippen MR) is 111 cm³/mol. The molecule has 2 aliphatic rings. The number of carbonyl (C=O) groups excluding carboxylic acids is 2. The Bertz CT molecular complexity index is 904. The minimum absolute atomic E-state index is 0.0322. The van der Waals surface area contributed by atoms with Gasteiger partial charge >= 0.3 is 0 Å². The van der Waals surface area contributed by atoms with E-state index in [1.807, 2.05) is 9.80 Å². The molecule has 31 heavy (non-hydrogen) atoms. The average Bonchev–Trinajstić information content (AvgIpc) is 3.27. The topological polar surface area (TPSA) is 79.1 Å². The van der Waals surface area contributed by atoms with Crippen molar-refractivity contribution >= 4 is 11.8 Å². The van der Waals surface area contributed by atoms with Gasteiger partial charge < -0.3 is 19.0 Å². The summed E-state index contributed by atoms with van der Waals surface area (Å²) >= 11 is 0. The average molecular weight is 430 g/mol. The highest BCUT2D eigenvalue weighted by Crippen LogP contribution is 2.23. The van der Waals surface area contributed by atoms with Crippen molar-refractivity contribution in [2.75, 3.05) is 59.0 Å². The van der Waals surface area contributed by atoms with Gasteiger partial charge in [0.05, 0.1) is 31.5 Å². The summed E-state index contributed by atoms with van der Waals surface area (Å²) in [5, 5.41) is 0. The van der Waals surface area contributed by atoms with Gasteiger partial charge in [0.1, 0.15) is 5.82 Å². The van der Waals surface area contributed by atoms with E-state index in [0.717, 1.165) is 0 Å². The monoisotopic (exact) mass is 430 g/mol. The molecule has 0 aliphatic carbocycles. The number of rotatable bonds is 6. The van der Waals surface area contributed by atoms with E-state index in [9.17, 15) is 14.0 Å². The molecule has 0 N–H and O–H groups in total. The van der Waals surface area contributed by atoms with Gasteiger partial charge in [0.2, 0.25) is 11.8 Å². The van der Waals surface area contributed by atoms with E-state index in [2.05, 4.69) is 9.88 Å². The largest absolute Gasteiger partial charge is 0.441 e. The fourth-order valence-electron chi connectivity index (χ4n) is 3.84. The van der Waals surface area contributed by atoms with Gasteiger partial charge in [-0.1, -0.05) is 12.1 Å². The van der Waals surface area contributed by atoms with Crippen LogP contribution in [0, 0.1) is 5.82 Å². The van der Waals surface area contributed by atoms with E-state index in [1.54, 1.807) is 18.2 Å². The van der Waals surface area contributed by atoms with Crippen LogP contribution in [0.5, 0.6) is 0 Å². The Balaban J connectivity index is 1.21. The zero-order valence-electron chi connectivity index (χ0n) is 17.5. The van der Waals surface area contributed by atoms with Crippen LogP contribution in [0.2, 0.25) is 0 Å². The number of ether oxygens (including phenoxy) is 1. The lowest BCUT2D eigenvalue weighted by Gasteiger charge is -2.36. The van der Waals surface area contributed by atoms with Gasteiger partial charge in [-0.3, -0.25) is 14.5 Å². The molecular weight excluding hydrogens is 403 g/mol. The van der Waals surface area contributed by atoms with E-state index >= 15 is 0 Å². The van der Waals surface area contributed by atoms with Crippen LogP contribution in [0.3, 0.4) is 0 Å². The minimum atomic E-state index is -0.369. The zero-order chi connectivity index (χ0) is 21.6. The molecule has 0 saturated carbocycles. The maximum absolute atomic E-state index is 13.9. The Morgan fingerprint density at radius 2 is 1.68 bits per heavy atom. The second-order valence-corrected chi connectivity index (χ2v) is 7.75. The number of hydrogen-bond donors (Lipinski definition) is 0. The lowest BCUT2D eigenvalue weighted by molar-refractivity contribution is -0.138. The van der Waals surface area contributed by atoms with E-state index < -0.39 is 0 Å². The second-order valence-electron chi connectivity index (χ2n) is 7.75. The van der Waals surface area contributed by atoms with E-state index in [1.165, 1.54) is 12.3 Å². The van der Waals surface area contributed by atoms with Crippen molar-refractivity contribution < 1.29 is 23.1 Å². The first-order valence-electron chi connectivity index (χ1n) is 10.7. The number of hydrogen-bond acceptors (Lipinski definition) is 6. The van der Waals surface area contributed by atoms with Crippen molar-refractivity contribution in [1.82, 2.24) is 19.7 Å². The molecule has 9 heteroatoms. The molecule has 0 spiro atoms. The number of halogens is 1. The lowest BCUT2D eigenvalue weighted by Crippen LogP contribution is -2.52. The maximum atomic E-state index is 13.9. The molecule has 2 fully saturated rings. The maximum Gasteiger partial charge on any atom is 0.236 e. The highest BCUT2D eigenvalue weighted by Gasteiger charge is 2.25. The highest BCUT2D eigenvalue weighted by atomic mass is 19.1. The van der Waals surface area contributed by atoms with E-state index in [4.69, 9.17) is 9.15 Å². The molecule has 2 aromatic rings. The lowest BCUT2D eigenvalue weighted by atomic mass is 10.2. The minimum Gasteiger partial charge on any atom is -0.441 e. The van der Waals surface area contributed by atoms with Crippen molar-refractivity contribution in [2.24, 2.45) is 0 Å². The van der Waals surface area contributed by atoms with Gasteiger partial charge in [0.25, 0.3) is 0 Å². The second kappa shape index (κ2) is 10.0. The Morgan fingerprint density at radius 1 is 0.968 bits per heavy atom. The first kappa shape index (κ1) is 21.5. The van der Waals surface area contributed by atoms with Crippen LogP contribution in [0.25, 0.3) is 11.3 Å². The first-order valence-corrected chi connectivity index (χ1v) is 10.7. The van der Waals surface area contributed by atoms with Gasteiger partial charge in [0, 0.05) is 52.1 Å². The van der Waals surface area contributed by atoms with Crippen molar-refractivity contribution in [1.29, 1.82) is 0 Å². The molecule has 8 nitrogen and oxygen atoms in total. The molecule has 166 valence electrons. The number of amides is 2. The van der Waals surface area contributed by atoms with Crippen molar-refractivity contribution in [3.8, 4) is 11.3 Å². The quantitative estimate of drug-likeness (QED) is 0.690. The molecule has 0 radical (unpaired) electrons. The molecule has 0 bridgehead atoms. The fraction of sp³-hybridized carbons (Fsp3) is 0.500. The number of nitrogens with zero attached hydrogens (tertiary/aromatic N) is 4. The van der Waals surface area contributed by atoms with Gasteiger partial charge in [-0.05, 0) is 12.1 Å². The van der Waals surface area contributed by atoms with Crippen LogP contribution in [-0.4, -0.2) is 90.5 Å². The number of benzene rings is 1. The standard InChI is InChI=1S/C22H27FN4O4/c23-18-4-2-1-3-17(18)19-15-24-20(31-19)5-6-21(28)26-9-7-25(8-10-26)16-22(29)27-11-13-30-14-12-27/h1-4,15H,5-14,16H2. The Labute approximate surface area is 180 Å². The molecule has 4 rings (SSSR count). The summed E-state index contributed by atoms with van der Waals surface area (Å²) in [6, 6.07) is 6.36. The van der Waals surface area contributed by atoms with Crippen LogP contribution in [-0.2, 0) is 20.7 Å². The Hall–Kier alpha value is -2.78. The van der Waals surface area contributed by atoms with Gasteiger partial charge in [-0.15, -0.1) is 0 Å². The summed E-state index contributed by atoms with van der Waals surface area (Å²) in [5.74, 6) is 0.564. The molecule has 2 aliphatic heterocycles. The van der Waals surface area contributed by atoms with Crippen LogP contribution in [0.4, 0.5) is 4.39 Å². The number of aryl methyl sites for hydroxylation is 1. The normalized spacial score (nSPS) is 17.7. The summed E-state index contributed by atoms with van der Waals surface area (Å²) in [5.41, 5.74) is 0.357. The zero-order valence-corrected chi connectivity index (χ0v) is 17.5. The van der Waals surface area contributed by atoms with Crippen LogP contribution >= 0.6 is 0 Å². The van der Waals surface area contributed by atoms with Crippen LogP contribution < -0.4 is 0 Å². The number of oxazole rings is 1. The summed E-state index contributed by atoms with van der Waals surface area (Å²) in [7, 11) is 0. The van der Waals surface area contributed by atoms with Gasteiger partial charge in [0.15, 0.2) is 11.7 Å². The van der Waals surface area contributed by atoms with Gasteiger partial charge in [-0.25, -0.2) is 9.37 Å². The molecular formula is C22H27FN4O4. The smallest absolute Gasteiger partial charge is 0.236 e. The van der Waals surface area contributed by atoms with Crippen LogP contribution in [0.15, 0.2) is 34.9 Å². The van der Waals surface area contributed by atoms with Crippen molar-refractivity contribution in [3.63, 3.8) is 0 Å². The molecule has 0 unspecified atom stereocenters. The molecule has 1 aromatic heterocycles. The fourth-order valence-corrected chi connectivity index (χ4v) is 3.84. The molecule has 2 saturated heterocycles. The number of aromatic nitrogens is 1. The molecule has 0 atom stereocenters. The highest BCUT2D eigenvalue weighted by molar-refractivity contribution is 5.78. The van der Waals surface area contributed by atoms with Crippen LogP contribution in [0.1, 0.15) is 12.3 Å². The third-order valence-corrected chi connectivity index (χ3v) is 5.69. The number of carbonyl (C=O) groups is 2. The number of piperazine rings is 1. The predicted octanol–water partition coefficient (Wildman–Crippen LogP) is 1.42. The Morgan fingerprint density at radius 3 is 2.42 bits per heavy atom. The third kappa shape index (κ3) is 5.48. The van der Waals surface area contributed by atoms with E-state index in [0.29, 0.717) is 82.7 Å². The molecule has 2 amide bonds. The summed E-state index contributed by atoms with van der Waals surface area (Å²) < 4.78 is 24.8. The molecule has 3 heterocycles. The summed E-state index contributed by atoms with van der Waals surface area (Å²) in [6.45, 7) is 5.43. The third-order valence-electron chi connectivity index (χ3n) is 5.69. The van der Waals surface area contributed by atoms with Crippen molar-refractivity contribution in [3.05, 3.63) is 42.2 Å². The van der Waals surface area contributed by atoms with Crippen molar-refractivity contribution in [2.45, 2.75) is 12.8 Å². The van der Waals surface area contributed by atoms with E-state index in [-0.39, 0.29) is 24.1 Å². The first-order chi connectivity index (χ1) is 15.1. The SMILES string of the molecule is O=C(CCc1ncc(-c2ccccc2F)o1)N1CCN(CC(=O)N2CCOCC2)CC1. The summed E-state index contributed by atoms with van der Waals surface area (Å²) in [4.78, 5) is 34.9.